The molecule has 1 aliphatic rings. The van der Waals surface area contributed by atoms with Crippen LogP contribution in [-0.4, -0.2) is 45.8 Å². The van der Waals surface area contributed by atoms with E-state index in [9.17, 15) is 0 Å². The normalized spacial score (nSPS) is 17.1. The van der Waals surface area contributed by atoms with Gasteiger partial charge < -0.3 is 14.8 Å². The summed E-state index contributed by atoms with van der Waals surface area (Å²) in [6, 6.07) is 6.12. The lowest BCUT2D eigenvalue weighted by atomic mass is 9.96. The van der Waals surface area contributed by atoms with Gasteiger partial charge in [-0.1, -0.05) is 0 Å². The molecule has 1 N–H and O–H groups in total. The topological polar surface area (TPSA) is 33.7 Å². The van der Waals surface area contributed by atoms with Crippen molar-refractivity contribution in [3.05, 3.63) is 23.8 Å². The molecule has 0 amide bonds. The van der Waals surface area contributed by atoms with Gasteiger partial charge in [0.05, 0.1) is 14.2 Å². The van der Waals surface area contributed by atoms with Crippen LogP contribution in [0.3, 0.4) is 0 Å². The molecule has 0 atom stereocenters. The molecule has 112 valence electrons. The minimum absolute atomic E-state index is 0.830. The molecule has 4 heteroatoms. The third kappa shape index (κ3) is 4.12. The molecule has 0 bridgehead atoms. The van der Waals surface area contributed by atoms with Crippen molar-refractivity contribution in [3.8, 4) is 11.5 Å². The number of methoxy groups -OCH3 is 2. The average molecular weight is 278 g/mol. The van der Waals surface area contributed by atoms with E-state index in [0.29, 0.717) is 0 Å². The van der Waals surface area contributed by atoms with Crippen LogP contribution < -0.4 is 14.8 Å². The van der Waals surface area contributed by atoms with Crippen LogP contribution in [0.5, 0.6) is 11.5 Å². The molecule has 1 saturated heterocycles. The quantitative estimate of drug-likeness (QED) is 0.864. The molecule has 1 fully saturated rings. The maximum Gasteiger partial charge on any atom is 0.122 e. The Kier molecular flexibility index (Phi) is 5.68. The Morgan fingerprint density at radius 1 is 1.10 bits per heavy atom. The lowest BCUT2D eigenvalue weighted by Crippen LogP contribution is -2.36. The smallest absolute Gasteiger partial charge is 0.122 e. The van der Waals surface area contributed by atoms with Crippen LogP contribution in [-0.2, 0) is 6.54 Å². The van der Waals surface area contributed by atoms with Crippen LogP contribution in [0, 0.1) is 5.92 Å². The standard InChI is InChI=1S/C16H26N2O2/c1-17-11-13-4-6-18(7-5-13)12-14-8-15(19-2)10-16(9-14)20-3/h8-10,13,17H,4-7,11-12H2,1-3H3. The molecule has 1 aliphatic heterocycles. The second kappa shape index (κ2) is 7.50. The van der Waals surface area contributed by atoms with Crippen molar-refractivity contribution in [2.24, 2.45) is 5.92 Å². The largest absolute Gasteiger partial charge is 0.497 e. The first-order valence-electron chi connectivity index (χ1n) is 7.34. The van der Waals surface area contributed by atoms with Gasteiger partial charge in [0.15, 0.2) is 0 Å². The van der Waals surface area contributed by atoms with E-state index in [-0.39, 0.29) is 0 Å². The Morgan fingerprint density at radius 3 is 2.20 bits per heavy atom. The average Bonchev–Trinajstić information content (AvgIpc) is 2.49. The third-order valence-corrected chi connectivity index (χ3v) is 4.02. The minimum Gasteiger partial charge on any atom is -0.497 e. The monoisotopic (exact) mass is 278 g/mol. The van der Waals surface area contributed by atoms with Gasteiger partial charge >= 0.3 is 0 Å². The minimum atomic E-state index is 0.830. The SMILES string of the molecule is CNCC1CCN(Cc2cc(OC)cc(OC)c2)CC1. The number of rotatable bonds is 6. The number of hydrogen-bond donors (Lipinski definition) is 1. The molecule has 0 aromatic heterocycles. The van der Waals surface area contributed by atoms with Gasteiger partial charge in [-0.3, -0.25) is 4.90 Å². The van der Waals surface area contributed by atoms with E-state index in [1.165, 1.54) is 31.5 Å². The summed E-state index contributed by atoms with van der Waals surface area (Å²) in [5.74, 6) is 2.56. The summed E-state index contributed by atoms with van der Waals surface area (Å²) in [6.45, 7) is 4.46. The molecular weight excluding hydrogens is 252 g/mol. The van der Waals surface area contributed by atoms with E-state index in [4.69, 9.17) is 9.47 Å². The molecule has 0 spiro atoms. The van der Waals surface area contributed by atoms with E-state index >= 15 is 0 Å². The first-order chi connectivity index (χ1) is 9.75. The molecular formula is C16H26N2O2. The summed E-state index contributed by atoms with van der Waals surface area (Å²) in [7, 11) is 5.43. The van der Waals surface area contributed by atoms with Crippen molar-refractivity contribution in [3.63, 3.8) is 0 Å². The summed E-state index contributed by atoms with van der Waals surface area (Å²) in [6.07, 6.45) is 2.56. The molecule has 1 aromatic rings. The molecule has 20 heavy (non-hydrogen) atoms. The first-order valence-corrected chi connectivity index (χ1v) is 7.34. The third-order valence-electron chi connectivity index (χ3n) is 4.02. The summed E-state index contributed by atoms with van der Waals surface area (Å²) >= 11 is 0. The molecule has 0 aliphatic carbocycles. The fourth-order valence-corrected chi connectivity index (χ4v) is 2.85. The molecule has 4 nitrogen and oxygen atoms in total. The van der Waals surface area contributed by atoms with E-state index in [1.54, 1.807) is 14.2 Å². The predicted octanol–water partition coefficient (Wildman–Crippen LogP) is 2.14. The predicted molar refractivity (Wildman–Crippen MR) is 81.5 cm³/mol. The second-order valence-electron chi connectivity index (χ2n) is 5.50. The van der Waals surface area contributed by atoms with E-state index in [2.05, 4.69) is 22.3 Å². The highest BCUT2D eigenvalue weighted by atomic mass is 16.5. The Bertz CT molecular complexity index is 393. The van der Waals surface area contributed by atoms with Gasteiger partial charge in [-0.05, 0) is 63.1 Å². The van der Waals surface area contributed by atoms with E-state index in [1.807, 2.05) is 13.1 Å². The van der Waals surface area contributed by atoms with Crippen LogP contribution >= 0.6 is 0 Å². The van der Waals surface area contributed by atoms with Crippen molar-refractivity contribution < 1.29 is 9.47 Å². The van der Waals surface area contributed by atoms with Gasteiger partial charge in [-0.15, -0.1) is 0 Å². The lowest BCUT2D eigenvalue weighted by Gasteiger charge is -2.32. The Morgan fingerprint density at radius 2 is 1.70 bits per heavy atom. The number of likely N-dealkylation sites (tertiary alicyclic amines) is 1. The number of nitrogens with one attached hydrogen (secondary N) is 1. The van der Waals surface area contributed by atoms with Gasteiger partial charge in [-0.25, -0.2) is 0 Å². The number of piperidine rings is 1. The van der Waals surface area contributed by atoms with E-state index in [0.717, 1.165) is 30.5 Å². The zero-order chi connectivity index (χ0) is 14.4. The Hall–Kier alpha value is -1.26. The Labute approximate surface area is 122 Å². The number of hydrogen-bond acceptors (Lipinski definition) is 4. The van der Waals surface area contributed by atoms with Gasteiger partial charge in [0.25, 0.3) is 0 Å². The maximum atomic E-state index is 5.33. The highest BCUT2D eigenvalue weighted by Crippen LogP contribution is 2.25. The van der Waals surface area contributed by atoms with Crippen molar-refractivity contribution in [1.82, 2.24) is 10.2 Å². The molecule has 0 saturated carbocycles. The maximum absolute atomic E-state index is 5.33. The van der Waals surface area contributed by atoms with Crippen LogP contribution in [0.15, 0.2) is 18.2 Å². The second-order valence-corrected chi connectivity index (χ2v) is 5.50. The summed E-state index contributed by atoms with van der Waals surface area (Å²) in [5.41, 5.74) is 1.26. The summed E-state index contributed by atoms with van der Waals surface area (Å²) in [4.78, 5) is 2.51. The van der Waals surface area contributed by atoms with Crippen molar-refractivity contribution >= 4 is 0 Å². The molecule has 1 heterocycles. The first kappa shape index (κ1) is 15.1. The fourth-order valence-electron chi connectivity index (χ4n) is 2.85. The van der Waals surface area contributed by atoms with Crippen LogP contribution in [0.1, 0.15) is 18.4 Å². The lowest BCUT2D eigenvalue weighted by molar-refractivity contribution is 0.176. The van der Waals surface area contributed by atoms with Crippen molar-refractivity contribution in [1.29, 1.82) is 0 Å². The highest BCUT2D eigenvalue weighted by molar-refractivity contribution is 5.38. The molecule has 2 rings (SSSR count). The molecule has 1 aromatic carbocycles. The van der Waals surface area contributed by atoms with Crippen LogP contribution in [0.2, 0.25) is 0 Å². The Balaban J connectivity index is 1.93. The molecule has 0 radical (unpaired) electrons. The van der Waals surface area contributed by atoms with Crippen molar-refractivity contribution in [2.75, 3.05) is 40.9 Å². The van der Waals surface area contributed by atoms with Crippen LogP contribution in [0.4, 0.5) is 0 Å². The van der Waals surface area contributed by atoms with Gasteiger partial charge in [0.2, 0.25) is 0 Å². The zero-order valence-electron chi connectivity index (χ0n) is 12.8. The number of nitrogens with zero attached hydrogens (tertiary/aromatic N) is 1. The number of benzene rings is 1. The van der Waals surface area contributed by atoms with E-state index < -0.39 is 0 Å². The summed E-state index contributed by atoms with van der Waals surface area (Å²) in [5, 5.41) is 3.28. The number of ether oxygens (including phenoxy) is 2. The fraction of sp³-hybridized carbons (Fsp3) is 0.625. The zero-order valence-corrected chi connectivity index (χ0v) is 12.8. The van der Waals surface area contributed by atoms with Crippen LogP contribution in [0.25, 0.3) is 0 Å². The van der Waals surface area contributed by atoms with Crippen molar-refractivity contribution in [2.45, 2.75) is 19.4 Å². The highest BCUT2D eigenvalue weighted by Gasteiger charge is 2.18. The van der Waals surface area contributed by atoms with Gasteiger partial charge in [0.1, 0.15) is 11.5 Å². The van der Waals surface area contributed by atoms with Gasteiger partial charge in [0, 0.05) is 12.6 Å². The summed E-state index contributed by atoms with van der Waals surface area (Å²) < 4.78 is 10.7. The van der Waals surface area contributed by atoms with Gasteiger partial charge in [-0.2, -0.15) is 0 Å². The molecule has 0 unspecified atom stereocenters.